The Hall–Kier alpha value is -2.02. The van der Waals surface area contributed by atoms with E-state index in [9.17, 15) is 14.4 Å². The molecule has 0 saturated carbocycles. The minimum absolute atomic E-state index is 0.394. The Morgan fingerprint density at radius 3 is 2.60 bits per heavy atom. The van der Waals surface area contributed by atoms with Gasteiger partial charge in [-0.25, -0.2) is 9.59 Å². The summed E-state index contributed by atoms with van der Waals surface area (Å²) in [6.07, 6.45) is 1.84. The summed E-state index contributed by atoms with van der Waals surface area (Å²) in [5.74, 6) is -1.27. The van der Waals surface area contributed by atoms with Gasteiger partial charge in [-0.1, -0.05) is 12.1 Å². The second-order valence-electron chi connectivity index (χ2n) is 3.68. The molecule has 0 fully saturated rings. The molecule has 2 N–H and O–H groups in total. The monoisotopic (exact) mass is 296 g/mol. The molecule has 7 heteroatoms. The Morgan fingerprint density at radius 1 is 1.25 bits per heavy atom. The maximum Gasteiger partial charge on any atom is 0.339 e. The largest absolute Gasteiger partial charge is 0.452 e. The fourth-order valence-corrected chi connectivity index (χ4v) is 1.98. The van der Waals surface area contributed by atoms with Crippen LogP contribution in [0.4, 0.5) is 4.79 Å². The van der Waals surface area contributed by atoms with E-state index in [2.05, 4.69) is 5.32 Å². The molecular weight excluding hydrogens is 280 g/mol. The Bertz CT molecular complexity index is 505. The van der Waals surface area contributed by atoms with Gasteiger partial charge in [-0.2, -0.15) is 0 Å². The lowest BCUT2D eigenvalue weighted by Gasteiger charge is -2.08. The zero-order valence-corrected chi connectivity index (χ0v) is 12.1. The van der Waals surface area contributed by atoms with Gasteiger partial charge in [0, 0.05) is 11.4 Å². The van der Waals surface area contributed by atoms with Crippen molar-refractivity contribution in [2.24, 2.45) is 0 Å². The summed E-state index contributed by atoms with van der Waals surface area (Å²) in [5.41, 5.74) is 0.394. The predicted octanol–water partition coefficient (Wildman–Crippen LogP) is 1.41. The molecule has 0 radical (unpaired) electrons. The van der Waals surface area contributed by atoms with E-state index < -0.39 is 24.5 Å². The quantitative estimate of drug-likeness (QED) is 0.634. The second-order valence-corrected chi connectivity index (χ2v) is 4.53. The highest BCUT2D eigenvalue weighted by molar-refractivity contribution is 7.98. The molecule has 0 heterocycles. The number of ether oxygens (including phenoxy) is 1. The standard InChI is InChI=1S/C13H16N2O4S/c1-3-14-13(18)15-11(16)8-19-12(17)9-6-4-5-7-10(9)20-2/h4-7H,3,8H2,1-2H3,(H2,14,15,16,18). The molecule has 0 aromatic heterocycles. The van der Waals surface area contributed by atoms with Gasteiger partial charge in [-0.15, -0.1) is 11.8 Å². The maximum absolute atomic E-state index is 11.8. The third-order valence-electron chi connectivity index (χ3n) is 2.25. The number of imide groups is 1. The fourth-order valence-electron chi connectivity index (χ4n) is 1.39. The number of carbonyl (C=O) groups excluding carboxylic acids is 3. The van der Waals surface area contributed by atoms with Crippen LogP contribution in [0.5, 0.6) is 0 Å². The summed E-state index contributed by atoms with van der Waals surface area (Å²) in [5, 5.41) is 4.44. The minimum Gasteiger partial charge on any atom is -0.452 e. The molecule has 108 valence electrons. The van der Waals surface area contributed by atoms with E-state index in [0.29, 0.717) is 12.1 Å². The lowest BCUT2D eigenvalue weighted by atomic mass is 10.2. The Kier molecular flexibility index (Phi) is 6.58. The molecule has 0 spiro atoms. The Morgan fingerprint density at radius 2 is 1.95 bits per heavy atom. The zero-order valence-electron chi connectivity index (χ0n) is 11.3. The number of carbonyl (C=O) groups is 3. The number of nitrogens with one attached hydrogen (secondary N) is 2. The average Bonchev–Trinajstić information content (AvgIpc) is 2.44. The van der Waals surface area contributed by atoms with Crippen LogP contribution in [-0.2, 0) is 9.53 Å². The van der Waals surface area contributed by atoms with Crippen LogP contribution in [0.25, 0.3) is 0 Å². The number of hydrogen-bond donors (Lipinski definition) is 2. The minimum atomic E-state index is -0.675. The smallest absolute Gasteiger partial charge is 0.339 e. The maximum atomic E-state index is 11.8. The molecule has 1 aromatic rings. The van der Waals surface area contributed by atoms with Crippen molar-refractivity contribution in [3.05, 3.63) is 29.8 Å². The molecular formula is C13H16N2O4S. The first-order chi connectivity index (χ1) is 9.58. The lowest BCUT2D eigenvalue weighted by Crippen LogP contribution is -2.41. The van der Waals surface area contributed by atoms with E-state index in [-0.39, 0.29) is 0 Å². The van der Waals surface area contributed by atoms with Crippen molar-refractivity contribution in [2.45, 2.75) is 11.8 Å². The first kappa shape index (κ1) is 16.0. The van der Waals surface area contributed by atoms with Crippen molar-refractivity contribution in [1.29, 1.82) is 0 Å². The number of thioether (sulfide) groups is 1. The highest BCUT2D eigenvalue weighted by Crippen LogP contribution is 2.20. The summed E-state index contributed by atoms with van der Waals surface area (Å²) in [4.78, 5) is 35.0. The molecule has 0 aliphatic heterocycles. The molecule has 0 unspecified atom stereocenters. The van der Waals surface area contributed by atoms with Crippen LogP contribution < -0.4 is 10.6 Å². The van der Waals surface area contributed by atoms with Gasteiger partial charge in [-0.05, 0) is 25.3 Å². The van der Waals surface area contributed by atoms with Gasteiger partial charge < -0.3 is 10.1 Å². The molecule has 0 aliphatic rings. The number of benzene rings is 1. The molecule has 1 aromatic carbocycles. The van der Waals surface area contributed by atoms with E-state index in [1.807, 2.05) is 17.6 Å². The summed E-state index contributed by atoms with van der Waals surface area (Å²) >= 11 is 1.41. The molecule has 3 amide bonds. The van der Waals surface area contributed by atoms with Gasteiger partial charge in [-0.3, -0.25) is 10.1 Å². The van der Waals surface area contributed by atoms with E-state index >= 15 is 0 Å². The van der Waals surface area contributed by atoms with E-state index in [1.165, 1.54) is 11.8 Å². The van der Waals surface area contributed by atoms with Gasteiger partial charge >= 0.3 is 12.0 Å². The lowest BCUT2D eigenvalue weighted by molar-refractivity contribution is -0.123. The van der Waals surface area contributed by atoms with Gasteiger partial charge in [0.1, 0.15) is 0 Å². The van der Waals surface area contributed by atoms with Crippen LogP contribution in [0.1, 0.15) is 17.3 Å². The fraction of sp³-hybridized carbons (Fsp3) is 0.308. The second kappa shape index (κ2) is 8.21. The van der Waals surface area contributed by atoms with Gasteiger partial charge in [0.25, 0.3) is 5.91 Å². The summed E-state index contributed by atoms with van der Waals surface area (Å²) in [6.45, 7) is 1.63. The number of hydrogen-bond acceptors (Lipinski definition) is 5. The van der Waals surface area contributed by atoms with Crippen LogP contribution >= 0.6 is 11.8 Å². The van der Waals surface area contributed by atoms with Crippen LogP contribution in [0.15, 0.2) is 29.2 Å². The molecule has 0 saturated heterocycles. The third kappa shape index (κ3) is 4.93. The van der Waals surface area contributed by atoms with Crippen LogP contribution in [0, 0.1) is 0 Å². The van der Waals surface area contributed by atoms with Crippen molar-refractivity contribution in [3.63, 3.8) is 0 Å². The van der Waals surface area contributed by atoms with E-state index in [0.717, 1.165) is 4.90 Å². The van der Waals surface area contributed by atoms with Gasteiger partial charge in [0.2, 0.25) is 0 Å². The normalized spacial score (nSPS) is 9.70. The molecule has 0 bridgehead atoms. The van der Waals surface area contributed by atoms with Crippen molar-refractivity contribution < 1.29 is 19.1 Å². The molecule has 20 heavy (non-hydrogen) atoms. The Balaban J connectivity index is 2.51. The van der Waals surface area contributed by atoms with Crippen molar-refractivity contribution >= 4 is 29.7 Å². The van der Waals surface area contributed by atoms with Crippen molar-refractivity contribution in [3.8, 4) is 0 Å². The van der Waals surface area contributed by atoms with Crippen LogP contribution in [0.2, 0.25) is 0 Å². The van der Waals surface area contributed by atoms with Crippen LogP contribution in [-0.4, -0.2) is 37.3 Å². The highest BCUT2D eigenvalue weighted by atomic mass is 32.2. The number of urea groups is 1. The molecule has 0 aliphatic carbocycles. The highest BCUT2D eigenvalue weighted by Gasteiger charge is 2.14. The third-order valence-corrected chi connectivity index (χ3v) is 3.05. The van der Waals surface area contributed by atoms with Gasteiger partial charge in [0.15, 0.2) is 6.61 Å². The van der Waals surface area contributed by atoms with Gasteiger partial charge in [0.05, 0.1) is 5.56 Å². The van der Waals surface area contributed by atoms with Crippen molar-refractivity contribution in [1.82, 2.24) is 10.6 Å². The van der Waals surface area contributed by atoms with E-state index in [1.54, 1.807) is 25.1 Å². The first-order valence-corrected chi connectivity index (χ1v) is 7.18. The topological polar surface area (TPSA) is 84.5 Å². The first-order valence-electron chi connectivity index (χ1n) is 5.96. The van der Waals surface area contributed by atoms with Crippen LogP contribution in [0.3, 0.4) is 0 Å². The summed E-state index contributed by atoms with van der Waals surface area (Å²) < 4.78 is 4.87. The summed E-state index contributed by atoms with van der Waals surface area (Å²) in [7, 11) is 0. The predicted molar refractivity (Wildman–Crippen MR) is 75.7 cm³/mol. The Labute approximate surface area is 121 Å². The molecule has 6 nitrogen and oxygen atoms in total. The van der Waals surface area contributed by atoms with Crippen molar-refractivity contribution in [2.75, 3.05) is 19.4 Å². The number of esters is 1. The number of amides is 3. The number of rotatable bonds is 5. The average molecular weight is 296 g/mol. The SMILES string of the molecule is CCNC(=O)NC(=O)COC(=O)c1ccccc1SC. The van der Waals surface area contributed by atoms with E-state index in [4.69, 9.17) is 4.74 Å². The molecule has 0 atom stereocenters. The summed E-state index contributed by atoms with van der Waals surface area (Å²) in [6, 6.07) is 6.32. The zero-order chi connectivity index (χ0) is 15.0. The molecule has 1 rings (SSSR count).